The van der Waals surface area contributed by atoms with Gasteiger partial charge in [0.05, 0.1) is 16.9 Å². The summed E-state index contributed by atoms with van der Waals surface area (Å²) in [5, 5.41) is 24.1. The van der Waals surface area contributed by atoms with E-state index in [1.54, 1.807) is 25.1 Å². The van der Waals surface area contributed by atoms with Gasteiger partial charge in [-0.25, -0.2) is 0 Å². The number of aromatic nitrogens is 4. The number of rotatable bonds is 6. The molecule has 7 heteroatoms. The normalized spacial score (nSPS) is 15.1. The molecule has 0 saturated carbocycles. The van der Waals surface area contributed by atoms with Crippen LogP contribution in [-0.2, 0) is 0 Å². The highest BCUT2D eigenvalue weighted by atomic mass is 16.3. The van der Waals surface area contributed by atoms with Gasteiger partial charge in [-0.05, 0) is 35.4 Å². The van der Waals surface area contributed by atoms with Crippen LogP contribution in [0.25, 0.3) is 5.69 Å². The van der Waals surface area contributed by atoms with Crippen LogP contribution in [-0.4, -0.2) is 43.4 Å². The maximum Gasteiger partial charge on any atom is 0.253 e. The highest BCUT2D eigenvalue weighted by Gasteiger charge is 2.28. The molecule has 0 bridgehead atoms. The van der Waals surface area contributed by atoms with Crippen molar-refractivity contribution in [1.29, 1.82) is 0 Å². The average molecular weight is 303 g/mol. The van der Waals surface area contributed by atoms with Crippen molar-refractivity contribution in [3.05, 3.63) is 36.2 Å². The molecule has 1 aromatic heterocycles. The minimum absolute atomic E-state index is 0.0857. The molecule has 2 atom stereocenters. The molecule has 7 nitrogen and oxygen atoms in total. The van der Waals surface area contributed by atoms with Gasteiger partial charge in [0.1, 0.15) is 6.33 Å². The van der Waals surface area contributed by atoms with E-state index >= 15 is 0 Å². The van der Waals surface area contributed by atoms with Crippen LogP contribution in [0.4, 0.5) is 0 Å². The summed E-state index contributed by atoms with van der Waals surface area (Å²) >= 11 is 0. The summed E-state index contributed by atoms with van der Waals surface area (Å²) in [7, 11) is 0. The van der Waals surface area contributed by atoms with Gasteiger partial charge >= 0.3 is 0 Å². The topological polar surface area (TPSA) is 92.9 Å². The number of hydrogen-bond acceptors (Lipinski definition) is 5. The lowest BCUT2D eigenvalue weighted by Crippen LogP contribution is -2.45. The Balaban J connectivity index is 2.14. The molecule has 2 N–H and O–H groups in total. The van der Waals surface area contributed by atoms with Crippen molar-refractivity contribution in [2.24, 2.45) is 5.92 Å². The third kappa shape index (κ3) is 3.48. The smallest absolute Gasteiger partial charge is 0.253 e. The fourth-order valence-electron chi connectivity index (χ4n) is 2.11. The van der Waals surface area contributed by atoms with Gasteiger partial charge in [-0.15, -0.1) is 5.10 Å². The Morgan fingerprint density at radius 2 is 2.18 bits per heavy atom. The second-order valence-electron chi connectivity index (χ2n) is 5.62. The van der Waals surface area contributed by atoms with Gasteiger partial charge < -0.3 is 10.4 Å². The quantitative estimate of drug-likeness (QED) is 0.836. The van der Waals surface area contributed by atoms with Crippen molar-refractivity contribution in [3.8, 4) is 5.69 Å². The SMILES string of the molecule is CCC(C)C(C)(O)CNC(=O)c1ccccc1-n1cnnn1. The van der Waals surface area contributed by atoms with Gasteiger partial charge in [-0.3, -0.25) is 4.79 Å². The Morgan fingerprint density at radius 3 is 2.82 bits per heavy atom. The van der Waals surface area contributed by atoms with Crippen molar-refractivity contribution in [1.82, 2.24) is 25.5 Å². The summed E-state index contributed by atoms with van der Waals surface area (Å²) in [6.07, 6.45) is 2.27. The van der Waals surface area contributed by atoms with Gasteiger partial charge in [0, 0.05) is 6.54 Å². The predicted molar refractivity (Wildman–Crippen MR) is 81.6 cm³/mol. The third-order valence-electron chi connectivity index (χ3n) is 4.03. The fourth-order valence-corrected chi connectivity index (χ4v) is 2.11. The van der Waals surface area contributed by atoms with Crippen molar-refractivity contribution in [2.75, 3.05) is 6.54 Å². The molecule has 2 rings (SSSR count). The van der Waals surface area contributed by atoms with Crippen LogP contribution >= 0.6 is 0 Å². The van der Waals surface area contributed by atoms with Crippen molar-refractivity contribution in [3.63, 3.8) is 0 Å². The molecule has 0 spiro atoms. The predicted octanol–water partition coefficient (Wildman–Crippen LogP) is 1.19. The lowest BCUT2D eigenvalue weighted by atomic mass is 9.88. The van der Waals surface area contributed by atoms with Crippen LogP contribution in [0, 0.1) is 5.92 Å². The summed E-state index contributed by atoms with van der Waals surface area (Å²) in [4.78, 5) is 12.4. The van der Waals surface area contributed by atoms with Crippen molar-refractivity contribution >= 4 is 5.91 Å². The molecule has 0 aliphatic heterocycles. The van der Waals surface area contributed by atoms with E-state index in [1.807, 2.05) is 19.9 Å². The zero-order valence-electron chi connectivity index (χ0n) is 13.0. The van der Waals surface area contributed by atoms with E-state index in [0.717, 1.165) is 6.42 Å². The van der Waals surface area contributed by atoms with Crippen LogP contribution in [0.1, 0.15) is 37.6 Å². The molecular formula is C15H21N5O2. The van der Waals surface area contributed by atoms with Crippen LogP contribution in [0.15, 0.2) is 30.6 Å². The van der Waals surface area contributed by atoms with Gasteiger partial charge in [0.25, 0.3) is 5.91 Å². The molecule has 0 radical (unpaired) electrons. The Morgan fingerprint density at radius 1 is 1.45 bits per heavy atom. The summed E-state index contributed by atoms with van der Waals surface area (Å²) in [6, 6.07) is 7.04. The van der Waals surface area contributed by atoms with E-state index in [9.17, 15) is 9.90 Å². The van der Waals surface area contributed by atoms with Crippen LogP contribution < -0.4 is 5.32 Å². The molecule has 2 aromatic rings. The number of hydrogen-bond donors (Lipinski definition) is 2. The molecule has 22 heavy (non-hydrogen) atoms. The number of carbonyl (C=O) groups is 1. The second kappa shape index (κ2) is 6.65. The number of para-hydroxylation sites is 1. The molecular weight excluding hydrogens is 282 g/mol. The van der Waals surface area contributed by atoms with Crippen molar-refractivity contribution in [2.45, 2.75) is 32.8 Å². The average Bonchev–Trinajstić information content (AvgIpc) is 3.06. The molecule has 0 aliphatic rings. The van der Waals surface area contributed by atoms with Gasteiger partial charge in [-0.2, -0.15) is 4.68 Å². The highest BCUT2D eigenvalue weighted by molar-refractivity contribution is 5.97. The molecule has 1 amide bonds. The Hall–Kier alpha value is -2.28. The van der Waals surface area contributed by atoms with E-state index in [4.69, 9.17) is 0 Å². The molecule has 1 aromatic carbocycles. The first kappa shape index (κ1) is 16.1. The lowest BCUT2D eigenvalue weighted by molar-refractivity contribution is 0.00592. The second-order valence-corrected chi connectivity index (χ2v) is 5.62. The number of amides is 1. The number of carbonyl (C=O) groups excluding carboxylic acids is 1. The van der Waals surface area contributed by atoms with E-state index in [-0.39, 0.29) is 18.4 Å². The largest absolute Gasteiger partial charge is 0.388 e. The van der Waals surface area contributed by atoms with Crippen LogP contribution in [0.2, 0.25) is 0 Å². The minimum Gasteiger partial charge on any atom is -0.388 e. The van der Waals surface area contributed by atoms with E-state index in [1.165, 1.54) is 11.0 Å². The number of benzene rings is 1. The first-order valence-corrected chi connectivity index (χ1v) is 7.28. The van der Waals surface area contributed by atoms with Crippen LogP contribution in [0.3, 0.4) is 0 Å². The molecule has 0 aliphatic carbocycles. The van der Waals surface area contributed by atoms with Crippen molar-refractivity contribution < 1.29 is 9.90 Å². The summed E-state index contributed by atoms with van der Waals surface area (Å²) in [5.41, 5.74) is 0.0942. The maximum atomic E-state index is 12.4. The third-order valence-corrected chi connectivity index (χ3v) is 4.03. The number of nitrogens with zero attached hydrogens (tertiary/aromatic N) is 4. The maximum absolute atomic E-state index is 12.4. The zero-order valence-corrected chi connectivity index (χ0v) is 13.0. The molecule has 2 unspecified atom stereocenters. The number of nitrogens with one attached hydrogen (secondary N) is 1. The summed E-state index contributed by atoms with van der Waals surface area (Å²) in [5.74, 6) is -0.183. The lowest BCUT2D eigenvalue weighted by Gasteiger charge is -2.29. The van der Waals surface area contributed by atoms with Gasteiger partial charge in [0.15, 0.2) is 0 Å². The van der Waals surface area contributed by atoms with E-state index < -0.39 is 5.60 Å². The van der Waals surface area contributed by atoms with Crippen LogP contribution in [0.5, 0.6) is 0 Å². The summed E-state index contributed by atoms with van der Waals surface area (Å²) in [6.45, 7) is 5.88. The van der Waals surface area contributed by atoms with E-state index in [0.29, 0.717) is 11.3 Å². The molecule has 1 heterocycles. The number of tetrazole rings is 1. The Bertz CT molecular complexity index is 625. The standard InChI is InChI=1S/C15H21N5O2/c1-4-11(2)15(3,22)9-16-14(21)12-7-5-6-8-13(12)20-10-17-18-19-20/h5-8,10-11,22H,4,9H2,1-3H3,(H,16,21). The minimum atomic E-state index is -0.950. The number of aliphatic hydroxyl groups is 1. The highest BCUT2D eigenvalue weighted by Crippen LogP contribution is 2.19. The molecule has 0 fully saturated rings. The van der Waals surface area contributed by atoms with Gasteiger partial charge in [0.2, 0.25) is 0 Å². The Labute approximate surface area is 129 Å². The van der Waals surface area contributed by atoms with E-state index in [2.05, 4.69) is 20.8 Å². The summed E-state index contributed by atoms with van der Waals surface area (Å²) < 4.78 is 1.43. The van der Waals surface area contributed by atoms with Gasteiger partial charge in [-0.1, -0.05) is 32.4 Å². The zero-order chi connectivity index (χ0) is 16.2. The Kier molecular flexibility index (Phi) is 4.87. The first-order valence-electron chi connectivity index (χ1n) is 7.28. The first-order chi connectivity index (χ1) is 10.5. The fraction of sp³-hybridized carbons (Fsp3) is 0.467. The monoisotopic (exact) mass is 303 g/mol. The molecule has 118 valence electrons. The molecule has 0 saturated heterocycles.